The molecule has 1 aliphatic heterocycles. The van der Waals surface area contributed by atoms with Crippen LogP contribution in [0.25, 0.3) is 29.9 Å². The van der Waals surface area contributed by atoms with E-state index in [9.17, 15) is 43.9 Å². The highest BCUT2D eigenvalue weighted by molar-refractivity contribution is 7.92. The number of rotatable bonds is 6. The molecule has 230 valence electrons. The van der Waals surface area contributed by atoms with E-state index in [0.29, 0.717) is 0 Å². The second kappa shape index (κ2) is 10.2. The third-order valence-electron chi connectivity index (χ3n) is 6.81. The molecule has 6 aromatic rings. The van der Waals surface area contributed by atoms with Gasteiger partial charge in [-0.25, -0.2) is 8.42 Å². The second-order valence-electron chi connectivity index (χ2n) is 9.57. The molecule has 1 aliphatic rings. The minimum atomic E-state index is -5.06. The first-order chi connectivity index (χ1) is 21.1. The number of fused-ring (bicyclic) bond motifs is 5. The van der Waals surface area contributed by atoms with Gasteiger partial charge in [0.2, 0.25) is 9.84 Å². The molecule has 2 amide bonds. The normalized spacial score (nSPS) is 14.0. The van der Waals surface area contributed by atoms with E-state index in [1.54, 1.807) is 24.3 Å². The number of amides is 2. The van der Waals surface area contributed by atoms with Gasteiger partial charge in [0, 0.05) is 29.9 Å². The minimum absolute atomic E-state index is 0.202. The van der Waals surface area contributed by atoms with Gasteiger partial charge >= 0.3 is 0 Å². The molecule has 4 aromatic heterocycles. The molecule has 0 atom stereocenters. The molecule has 4 N–H and O–H groups in total. The van der Waals surface area contributed by atoms with Gasteiger partial charge in [0.1, 0.15) is 9.79 Å². The van der Waals surface area contributed by atoms with Crippen molar-refractivity contribution in [3.8, 4) is 11.1 Å². The maximum Gasteiger partial charge on any atom is 0.296 e. The van der Waals surface area contributed by atoms with Crippen LogP contribution in [0, 0.1) is 0 Å². The van der Waals surface area contributed by atoms with E-state index in [4.69, 9.17) is 0 Å². The summed E-state index contributed by atoms with van der Waals surface area (Å²) in [4.78, 5) is 23.8. The predicted octanol–water partition coefficient (Wildman–Crippen LogP) is 6.05. The standard InChI is InChI=1S/C26H14N2O10S7/c29-25(19-9-17-15(41-19)1-3-39-17)27-13-7-21-11(5-23(13)44(33,34)35)12-6-24(45(36,37)38)14(8-22(12)43(21,31)32)28-26(30)20-10-18-16(42-20)2-4-40-18/h1-10H,(H,27,29)(H,28,30)(H,33,34,35)(H,36,37,38). The van der Waals surface area contributed by atoms with Crippen molar-refractivity contribution in [2.24, 2.45) is 0 Å². The van der Waals surface area contributed by atoms with Gasteiger partial charge in [-0.15, -0.1) is 45.3 Å². The summed E-state index contributed by atoms with van der Waals surface area (Å²) >= 11 is 5.02. The lowest BCUT2D eigenvalue weighted by Crippen LogP contribution is -2.14. The fourth-order valence-electron chi connectivity index (χ4n) is 4.85. The van der Waals surface area contributed by atoms with Crippen LogP contribution in [0.2, 0.25) is 0 Å². The van der Waals surface area contributed by atoms with Crippen LogP contribution < -0.4 is 10.6 Å². The molecule has 12 nitrogen and oxygen atoms in total. The second-order valence-corrected chi connectivity index (χ2v) is 18.3. The van der Waals surface area contributed by atoms with Crippen LogP contribution in [-0.2, 0) is 30.1 Å². The Kier molecular flexibility index (Phi) is 6.86. The SMILES string of the molecule is O=C(Nc1cc2c(cc1S(=O)(=O)O)-c1cc(S(=O)(=O)O)c(NC(=O)c3cc4sccc4s3)cc1S2(=O)=O)c1cc2sccc2s1. The fourth-order valence-corrected chi connectivity index (χ4v) is 11.9. The van der Waals surface area contributed by atoms with Gasteiger partial charge < -0.3 is 10.6 Å². The van der Waals surface area contributed by atoms with Gasteiger partial charge in [-0.05, 0) is 59.3 Å². The minimum Gasteiger partial charge on any atom is -0.320 e. The average Bonchev–Trinajstić information content (AvgIpc) is 3.74. The lowest BCUT2D eigenvalue weighted by atomic mass is 10.0. The van der Waals surface area contributed by atoms with Crippen molar-refractivity contribution in [2.75, 3.05) is 10.6 Å². The number of anilines is 2. The van der Waals surface area contributed by atoms with Gasteiger partial charge in [-0.1, -0.05) is 0 Å². The largest absolute Gasteiger partial charge is 0.320 e. The highest BCUT2D eigenvalue weighted by atomic mass is 32.2. The Morgan fingerprint density at radius 1 is 0.622 bits per heavy atom. The lowest BCUT2D eigenvalue weighted by Gasteiger charge is -2.12. The molecule has 0 saturated carbocycles. The molecular formula is C26H14N2O10S7. The van der Waals surface area contributed by atoms with E-state index < -0.39 is 72.8 Å². The molecule has 19 heteroatoms. The zero-order valence-corrected chi connectivity index (χ0v) is 27.5. The Morgan fingerprint density at radius 2 is 1.02 bits per heavy atom. The number of nitrogens with one attached hydrogen (secondary N) is 2. The third-order valence-corrected chi connectivity index (χ3v) is 14.6. The lowest BCUT2D eigenvalue weighted by molar-refractivity contribution is 0.102. The van der Waals surface area contributed by atoms with Crippen molar-refractivity contribution in [2.45, 2.75) is 19.6 Å². The number of hydrogen-bond donors (Lipinski definition) is 4. The van der Waals surface area contributed by atoms with Crippen LogP contribution in [0.15, 0.2) is 78.9 Å². The van der Waals surface area contributed by atoms with E-state index in [1.165, 1.54) is 22.7 Å². The first kappa shape index (κ1) is 30.1. The van der Waals surface area contributed by atoms with Crippen molar-refractivity contribution in [3.63, 3.8) is 0 Å². The number of sulfone groups is 1. The van der Waals surface area contributed by atoms with Crippen LogP contribution in [0.4, 0.5) is 11.4 Å². The van der Waals surface area contributed by atoms with Crippen molar-refractivity contribution in [1.82, 2.24) is 0 Å². The maximum absolute atomic E-state index is 13.7. The van der Waals surface area contributed by atoms with E-state index in [0.717, 1.165) is 65.7 Å². The molecule has 0 fully saturated rings. The summed E-state index contributed by atoms with van der Waals surface area (Å²) in [6.07, 6.45) is 0. The molecule has 0 spiro atoms. The van der Waals surface area contributed by atoms with Gasteiger partial charge in [-0.2, -0.15) is 16.8 Å². The van der Waals surface area contributed by atoms with E-state index in [1.807, 2.05) is 10.8 Å². The van der Waals surface area contributed by atoms with E-state index >= 15 is 0 Å². The van der Waals surface area contributed by atoms with Crippen LogP contribution in [0.3, 0.4) is 0 Å². The monoisotopic (exact) mass is 738 g/mol. The molecule has 0 bridgehead atoms. The van der Waals surface area contributed by atoms with Crippen molar-refractivity contribution in [3.05, 3.63) is 69.0 Å². The fraction of sp³-hybridized carbons (Fsp3) is 0. The van der Waals surface area contributed by atoms with Crippen molar-refractivity contribution < 1.29 is 43.9 Å². The summed E-state index contributed by atoms with van der Waals surface area (Å²) in [6, 6.07) is 10.0. The Hall–Kier alpha value is -3.53. The van der Waals surface area contributed by atoms with Crippen LogP contribution in [0.5, 0.6) is 0 Å². The number of benzene rings is 2. The molecule has 0 unspecified atom stereocenters. The van der Waals surface area contributed by atoms with Crippen molar-refractivity contribution >= 4 is 117 Å². The van der Waals surface area contributed by atoms with E-state index in [2.05, 4.69) is 10.6 Å². The Balaban J connectivity index is 1.34. The van der Waals surface area contributed by atoms with Crippen LogP contribution in [-0.4, -0.2) is 46.2 Å². The van der Waals surface area contributed by atoms with Gasteiger partial charge in [-0.3, -0.25) is 18.7 Å². The topological polar surface area (TPSA) is 201 Å². The molecular weight excluding hydrogens is 725 g/mol. The highest BCUT2D eigenvalue weighted by Gasteiger charge is 2.38. The third kappa shape index (κ3) is 5.09. The van der Waals surface area contributed by atoms with E-state index in [-0.39, 0.29) is 20.9 Å². The predicted molar refractivity (Wildman–Crippen MR) is 172 cm³/mol. The molecule has 0 saturated heterocycles. The Morgan fingerprint density at radius 3 is 1.38 bits per heavy atom. The average molecular weight is 739 g/mol. The molecule has 0 radical (unpaired) electrons. The summed E-state index contributed by atoms with van der Waals surface area (Å²) in [5, 5.41) is 8.38. The smallest absolute Gasteiger partial charge is 0.296 e. The zero-order chi connectivity index (χ0) is 32.1. The molecule has 7 rings (SSSR count). The highest BCUT2D eigenvalue weighted by Crippen LogP contribution is 2.48. The maximum atomic E-state index is 13.7. The summed E-state index contributed by atoms with van der Waals surface area (Å²) in [7, 11) is -14.6. The van der Waals surface area contributed by atoms with Gasteiger partial charge in [0.15, 0.2) is 0 Å². The quantitative estimate of drug-likeness (QED) is 0.146. The summed E-state index contributed by atoms with van der Waals surface area (Å²) in [5.41, 5.74) is -1.69. The Bertz CT molecular complexity index is 2380. The molecule has 0 aliphatic carbocycles. The van der Waals surface area contributed by atoms with Crippen LogP contribution in [0.1, 0.15) is 19.3 Å². The summed E-state index contributed by atoms with van der Waals surface area (Å²) in [5.74, 6) is -1.51. The molecule has 2 aromatic carbocycles. The zero-order valence-electron chi connectivity index (χ0n) is 21.8. The van der Waals surface area contributed by atoms with Crippen molar-refractivity contribution in [1.29, 1.82) is 0 Å². The number of hydrogen-bond acceptors (Lipinski definition) is 12. The summed E-state index contributed by atoms with van der Waals surface area (Å²) in [6.45, 7) is 0. The Labute approximate surface area is 270 Å². The summed E-state index contributed by atoms with van der Waals surface area (Å²) < 4.78 is 100. The number of carbonyl (C=O) groups is 2. The molecule has 45 heavy (non-hydrogen) atoms. The van der Waals surface area contributed by atoms with Gasteiger partial charge in [0.05, 0.1) is 30.9 Å². The number of thiophene rings is 4. The first-order valence-corrected chi connectivity index (χ1v) is 20.0. The van der Waals surface area contributed by atoms with Crippen LogP contribution >= 0.6 is 45.3 Å². The first-order valence-electron chi connectivity index (χ1n) is 12.2. The molecule has 5 heterocycles. The van der Waals surface area contributed by atoms with Gasteiger partial charge in [0.25, 0.3) is 32.1 Å². The number of carbonyl (C=O) groups excluding carboxylic acids is 2.